The molecule has 4 unspecified atom stereocenters. The van der Waals surface area contributed by atoms with E-state index >= 15 is 0 Å². The number of phenolic OH excluding ortho intramolecular Hbond substituents is 6. The van der Waals surface area contributed by atoms with E-state index in [2.05, 4.69) is 0 Å². The molecule has 0 aromatic heterocycles. The molecule has 1 saturated heterocycles. The van der Waals surface area contributed by atoms with Crippen LogP contribution in [0.1, 0.15) is 11.1 Å². The van der Waals surface area contributed by atoms with Gasteiger partial charge in [0.05, 0.1) is 0 Å². The van der Waals surface area contributed by atoms with Gasteiger partial charge in [-0.2, -0.15) is 0 Å². The first-order valence-corrected chi connectivity index (χ1v) is 13.7. The van der Waals surface area contributed by atoms with Gasteiger partial charge < -0.3 is 59.8 Å². The zero-order chi connectivity index (χ0) is 31.0. The van der Waals surface area contributed by atoms with E-state index in [1.54, 1.807) is 12.1 Å². The second kappa shape index (κ2) is 9.82. The summed E-state index contributed by atoms with van der Waals surface area (Å²) < 4.78 is 24.5. The molecule has 228 valence electrons. The summed E-state index contributed by atoms with van der Waals surface area (Å²) in [7, 11) is 0. The molecule has 12 heteroatoms. The number of hydrogen-bond acceptors (Lipinski definition) is 12. The van der Waals surface area contributed by atoms with Crippen molar-refractivity contribution in [3.05, 3.63) is 71.8 Å². The predicted molar refractivity (Wildman–Crippen MR) is 152 cm³/mol. The molecular weight excluding hydrogens is 576 g/mol. The third-order valence-electron chi connectivity index (χ3n) is 8.43. The van der Waals surface area contributed by atoms with Crippen molar-refractivity contribution in [1.82, 2.24) is 0 Å². The SMILES string of the molecule is Oc1ccc2c(c1)OCC1(Cc3cc(O)c(O)cc3-2)OC(O)C2(COc3cc(O)ccc3-c3cc(O)c(O)cc3C2)OC1O. The van der Waals surface area contributed by atoms with E-state index in [-0.39, 0.29) is 49.1 Å². The lowest BCUT2D eigenvalue weighted by Gasteiger charge is -2.52. The molecule has 4 atom stereocenters. The number of hydrogen-bond donors (Lipinski definition) is 8. The van der Waals surface area contributed by atoms with Crippen LogP contribution in [0.25, 0.3) is 22.3 Å². The number of benzene rings is 4. The van der Waals surface area contributed by atoms with Gasteiger partial charge in [0.15, 0.2) is 46.8 Å². The molecular formula is C32H28O12. The number of aliphatic hydroxyl groups excluding tert-OH is 2. The third-order valence-corrected chi connectivity index (χ3v) is 8.43. The Morgan fingerprint density at radius 3 is 1.30 bits per heavy atom. The highest BCUT2D eigenvalue weighted by molar-refractivity contribution is 5.78. The maximum absolute atomic E-state index is 11.7. The fourth-order valence-electron chi connectivity index (χ4n) is 6.13. The predicted octanol–water partition coefficient (Wildman–Crippen LogP) is 2.99. The van der Waals surface area contributed by atoms with E-state index in [4.69, 9.17) is 18.9 Å². The molecule has 2 spiro atoms. The molecule has 0 radical (unpaired) electrons. The van der Waals surface area contributed by atoms with Crippen LogP contribution in [-0.2, 0) is 22.3 Å². The molecule has 44 heavy (non-hydrogen) atoms. The molecule has 3 aliphatic rings. The molecule has 8 N–H and O–H groups in total. The monoisotopic (exact) mass is 604 g/mol. The first-order valence-electron chi connectivity index (χ1n) is 13.7. The zero-order valence-electron chi connectivity index (χ0n) is 23.0. The summed E-state index contributed by atoms with van der Waals surface area (Å²) in [6, 6.07) is 14.0. The van der Waals surface area contributed by atoms with E-state index < -0.39 is 46.8 Å². The number of rotatable bonds is 0. The Balaban J connectivity index is 1.30. The minimum Gasteiger partial charge on any atom is -0.508 e. The Morgan fingerprint density at radius 1 is 0.500 bits per heavy atom. The van der Waals surface area contributed by atoms with Crippen LogP contribution >= 0.6 is 0 Å². The van der Waals surface area contributed by atoms with Gasteiger partial charge in [0.25, 0.3) is 0 Å². The van der Waals surface area contributed by atoms with Crippen LogP contribution in [0.3, 0.4) is 0 Å². The third kappa shape index (κ3) is 4.38. The van der Waals surface area contributed by atoms with E-state index in [9.17, 15) is 40.9 Å². The molecule has 4 aromatic carbocycles. The zero-order valence-corrected chi connectivity index (χ0v) is 23.0. The summed E-state index contributed by atoms with van der Waals surface area (Å²) in [6.07, 6.45) is -3.83. The van der Waals surface area contributed by atoms with Crippen molar-refractivity contribution in [3.63, 3.8) is 0 Å². The smallest absolute Gasteiger partial charge is 0.188 e. The van der Waals surface area contributed by atoms with Crippen molar-refractivity contribution in [3.8, 4) is 68.2 Å². The van der Waals surface area contributed by atoms with Gasteiger partial charge in [-0.25, -0.2) is 0 Å². The Hall–Kier alpha value is -4.88. The van der Waals surface area contributed by atoms with Gasteiger partial charge in [0.1, 0.15) is 36.2 Å². The molecule has 3 aliphatic heterocycles. The van der Waals surface area contributed by atoms with Gasteiger partial charge in [-0.3, -0.25) is 0 Å². The van der Waals surface area contributed by atoms with Gasteiger partial charge in [0.2, 0.25) is 0 Å². The summed E-state index contributed by atoms with van der Waals surface area (Å²) in [4.78, 5) is 0. The van der Waals surface area contributed by atoms with Crippen LogP contribution < -0.4 is 9.47 Å². The molecule has 7 rings (SSSR count). The number of aliphatic hydroxyl groups is 2. The average molecular weight is 605 g/mol. The summed E-state index contributed by atoms with van der Waals surface area (Å²) in [5.41, 5.74) is -0.822. The summed E-state index contributed by atoms with van der Waals surface area (Å²) in [5, 5.41) is 84.8. The highest BCUT2D eigenvalue weighted by Gasteiger charge is 2.58. The van der Waals surface area contributed by atoms with Crippen molar-refractivity contribution >= 4 is 0 Å². The summed E-state index contributed by atoms with van der Waals surface area (Å²) in [5.74, 6) is -1.46. The van der Waals surface area contributed by atoms with Crippen LogP contribution in [0.15, 0.2) is 60.7 Å². The highest BCUT2D eigenvalue weighted by Crippen LogP contribution is 2.49. The first kappa shape index (κ1) is 27.9. The molecule has 0 bridgehead atoms. The van der Waals surface area contributed by atoms with Crippen molar-refractivity contribution < 1.29 is 59.8 Å². The second-order valence-corrected chi connectivity index (χ2v) is 11.4. The number of aromatic hydroxyl groups is 6. The quantitative estimate of drug-likeness (QED) is 0.137. The Bertz CT molecular complexity index is 1670. The maximum Gasteiger partial charge on any atom is 0.188 e. The maximum atomic E-state index is 11.7. The molecule has 0 aliphatic carbocycles. The highest BCUT2D eigenvalue weighted by atomic mass is 16.7. The van der Waals surface area contributed by atoms with E-state index in [0.29, 0.717) is 33.4 Å². The first-order chi connectivity index (χ1) is 21.0. The Labute approximate surface area is 249 Å². The fraction of sp³-hybridized carbons (Fsp3) is 0.250. The normalized spacial score (nSPS) is 25.6. The summed E-state index contributed by atoms with van der Waals surface area (Å²) >= 11 is 0. The van der Waals surface area contributed by atoms with E-state index in [1.165, 1.54) is 48.5 Å². The van der Waals surface area contributed by atoms with Crippen molar-refractivity contribution in [2.45, 2.75) is 36.6 Å². The van der Waals surface area contributed by atoms with Gasteiger partial charge in [-0.1, -0.05) is 0 Å². The van der Waals surface area contributed by atoms with Gasteiger partial charge >= 0.3 is 0 Å². The van der Waals surface area contributed by atoms with Gasteiger partial charge in [-0.05, 0) is 70.8 Å². The molecule has 0 saturated carbocycles. The second-order valence-electron chi connectivity index (χ2n) is 11.4. The average Bonchev–Trinajstić information content (AvgIpc) is 2.96. The molecule has 0 amide bonds. The molecule has 4 aromatic rings. The Kier molecular flexibility index (Phi) is 6.23. The topological polar surface area (TPSA) is 199 Å². The van der Waals surface area contributed by atoms with E-state index in [0.717, 1.165) is 0 Å². The molecule has 12 nitrogen and oxygen atoms in total. The van der Waals surface area contributed by atoms with Crippen molar-refractivity contribution in [1.29, 1.82) is 0 Å². The standard InChI is InChI=1S/C32H28O12/c33-17-1-3-19-21-9-25(37)23(35)5-15(21)11-31(13-41-27(19)7-17)29(39)44-32(30(40)43-31)12-16-6-24(36)26(38)10-22(16)20-4-2-18(34)8-28(20)42-14-32/h1-10,29-30,33-40H,11-14H2. The Morgan fingerprint density at radius 2 is 0.886 bits per heavy atom. The van der Waals surface area contributed by atoms with E-state index in [1.807, 2.05) is 0 Å². The van der Waals surface area contributed by atoms with Gasteiger partial charge in [-0.15, -0.1) is 0 Å². The summed E-state index contributed by atoms with van der Waals surface area (Å²) in [6.45, 7) is -0.719. The van der Waals surface area contributed by atoms with Crippen LogP contribution in [0.4, 0.5) is 0 Å². The van der Waals surface area contributed by atoms with Gasteiger partial charge in [0, 0.05) is 36.1 Å². The fourth-order valence-corrected chi connectivity index (χ4v) is 6.13. The molecule has 1 fully saturated rings. The van der Waals surface area contributed by atoms with Crippen LogP contribution in [0.2, 0.25) is 0 Å². The number of phenols is 6. The lowest BCUT2D eigenvalue weighted by Crippen LogP contribution is -2.69. The minimum atomic E-state index is -1.77. The van der Waals surface area contributed by atoms with Crippen LogP contribution in [0.5, 0.6) is 46.0 Å². The van der Waals surface area contributed by atoms with Crippen molar-refractivity contribution in [2.75, 3.05) is 13.2 Å². The van der Waals surface area contributed by atoms with Crippen LogP contribution in [-0.4, -0.2) is 77.8 Å². The largest absolute Gasteiger partial charge is 0.508 e. The van der Waals surface area contributed by atoms with Crippen LogP contribution in [0, 0.1) is 0 Å². The minimum absolute atomic E-state index is 0.103. The lowest BCUT2D eigenvalue weighted by molar-refractivity contribution is -0.409. The number of ether oxygens (including phenoxy) is 4. The van der Waals surface area contributed by atoms with Crippen molar-refractivity contribution in [2.24, 2.45) is 0 Å². The lowest BCUT2D eigenvalue weighted by atomic mass is 9.83. The number of fused-ring (bicyclic) bond motifs is 6. The molecule has 3 heterocycles.